The molecule has 4 aromatic rings. The Bertz CT molecular complexity index is 1400. The second kappa shape index (κ2) is 10.2. The van der Waals surface area contributed by atoms with E-state index in [1.165, 1.54) is 16.3 Å². The highest BCUT2D eigenvalue weighted by atomic mass is 16.5. The van der Waals surface area contributed by atoms with Crippen LogP contribution >= 0.6 is 0 Å². The van der Waals surface area contributed by atoms with Gasteiger partial charge in [0.2, 0.25) is 0 Å². The SMILES string of the molecule is CCc1c(C)cc([C@H]2C[C@H](CN[C@H](C)c3cccc4ccccc34)Oc3ccccc32)cc1C(=O)O. The van der Waals surface area contributed by atoms with Crippen LogP contribution in [0.4, 0.5) is 0 Å². The lowest BCUT2D eigenvalue weighted by Gasteiger charge is -2.34. The topological polar surface area (TPSA) is 58.6 Å². The fourth-order valence-corrected chi connectivity index (χ4v) is 5.69. The molecule has 184 valence electrons. The van der Waals surface area contributed by atoms with E-state index in [9.17, 15) is 9.90 Å². The van der Waals surface area contributed by atoms with Crippen molar-refractivity contribution in [2.24, 2.45) is 0 Å². The number of fused-ring (bicyclic) bond motifs is 2. The van der Waals surface area contributed by atoms with Gasteiger partial charge in [0.1, 0.15) is 11.9 Å². The van der Waals surface area contributed by atoms with Crippen LogP contribution in [0.3, 0.4) is 0 Å². The summed E-state index contributed by atoms with van der Waals surface area (Å²) in [5.41, 5.74) is 5.80. The molecule has 36 heavy (non-hydrogen) atoms. The zero-order valence-corrected chi connectivity index (χ0v) is 21.1. The number of rotatable bonds is 7. The lowest BCUT2D eigenvalue weighted by atomic mass is 9.81. The number of carboxylic acid groups (broad SMARTS) is 1. The van der Waals surface area contributed by atoms with E-state index in [-0.39, 0.29) is 18.1 Å². The predicted molar refractivity (Wildman–Crippen MR) is 145 cm³/mol. The van der Waals surface area contributed by atoms with Crippen LogP contribution in [0, 0.1) is 6.92 Å². The van der Waals surface area contributed by atoms with E-state index in [1.807, 2.05) is 38.1 Å². The molecule has 1 aliphatic rings. The Hall–Kier alpha value is -3.63. The molecule has 0 radical (unpaired) electrons. The second-order valence-electron chi connectivity index (χ2n) is 9.79. The van der Waals surface area contributed by atoms with Gasteiger partial charge >= 0.3 is 5.97 Å². The highest BCUT2D eigenvalue weighted by molar-refractivity contribution is 5.90. The minimum absolute atomic E-state index is 0.0261. The Morgan fingerprint density at radius 3 is 2.61 bits per heavy atom. The molecule has 0 saturated carbocycles. The average molecular weight is 480 g/mol. The van der Waals surface area contributed by atoms with Crippen molar-refractivity contribution in [3.63, 3.8) is 0 Å². The average Bonchev–Trinajstić information content (AvgIpc) is 2.90. The summed E-state index contributed by atoms with van der Waals surface area (Å²) in [6.07, 6.45) is 1.47. The van der Waals surface area contributed by atoms with Gasteiger partial charge in [0.15, 0.2) is 0 Å². The van der Waals surface area contributed by atoms with Gasteiger partial charge in [-0.15, -0.1) is 0 Å². The van der Waals surface area contributed by atoms with Crippen LogP contribution in [0.25, 0.3) is 10.8 Å². The smallest absolute Gasteiger partial charge is 0.335 e. The first-order valence-corrected chi connectivity index (χ1v) is 12.8. The Morgan fingerprint density at radius 2 is 1.81 bits per heavy atom. The van der Waals surface area contributed by atoms with Crippen molar-refractivity contribution < 1.29 is 14.6 Å². The molecule has 1 aliphatic heterocycles. The molecule has 0 fully saturated rings. The number of para-hydroxylation sites is 1. The molecule has 5 rings (SSSR count). The van der Waals surface area contributed by atoms with Gasteiger partial charge in [0, 0.05) is 24.1 Å². The van der Waals surface area contributed by atoms with Gasteiger partial charge in [-0.05, 0) is 71.8 Å². The Kier molecular flexibility index (Phi) is 6.80. The minimum Gasteiger partial charge on any atom is -0.489 e. The molecule has 4 aromatic carbocycles. The van der Waals surface area contributed by atoms with Crippen LogP contribution in [-0.4, -0.2) is 23.7 Å². The number of carboxylic acids is 1. The van der Waals surface area contributed by atoms with Crippen molar-refractivity contribution in [2.75, 3.05) is 6.54 Å². The van der Waals surface area contributed by atoms with Gasteiger partial charge in [-0.2, -0.15) is 0 Å². The van der Waals surface area contributed by atoms with Crippen molar-refractivity contribution >= 4 is 16.7 Å². The maximum absolute atomic E-state index is 12.0. The highest BCUT2D eigenvalue weighted by Gasteiger charge is 2.30. The number of aryl methyl sites for hydroxylation is 1. The molecule has 1 heterocycles. The lowest BCUT2D eigenvalue weighted by molar-refractivity contribution is 0.0695. The van der Waals surface area contributed by atoms with Crippen molar-refractivity contribution in [1.82, 2.24) is 5.32 Å². The lowest BCUT2D eigenvalue weighted by Crippen LogP contribution is -2.37. The molecule has 0 bridgehead atoms. The van der Waals surface area contributed by atoms with E-state index in [1.54, 1.807) is 0 Å². The zero-order chi connectivity index (χ0) is 25.2. The minimum atomic E-state index is -0.862. The molecule has 0 amide bonds. The normalized spacial score (nSPS) is 17.9. The van der Waals surface area contributed by atoms with Gasteiger partial charge in [-0.3, -0.25) is 0 Å². The zero-order valence-electron chi connectivity index (χ0n) is 21.1. The van der Waals surface area contributed by atoms with Crippen LogP contribution in [0.2, 0.25) is 0 Å². The van der Waals surface area contributed by atoms with Gasteiger partial charge in [0.25, 0.3) is 0 Å². The summed E-state index contributed by atoms with van der Waals surface area (Å²) in [5.74, 6) is 0.101. The molecular formula is C32H33NO3. The molecule has 0 saturated heterocycles. The highest BCUT2D eigenvalue weighted by Crippen LogP contribution is 2.41. The molecule has 4 heteroatoms. The van der Waals surface area contributed by atoms with Crippen LogP contribution in [0.5, 0.6) is 5.75 Å². The number of hydrogen-bond donors (Lipinski definition) is 2. The predicted octanol–water partition coefficient (Wildman–Crippen LogP) is 7.04. The third-order valence-corrected chi connectivity index (χ3v) is 7.51. The standard InChI is InChI=1S/C32H33NO3/c1-4-25-20(2)16-23(17-30(25)32(34)35)29-18-24(36-31-15-8-7-13-28(29)31)19-33-21(3)26-14-9-11-22-10-5-6-12-27(22)26/h5-17,21,24,29,33H,4,18-19H2,1-3H3,(H,34,35)/t21-,24-,29-/m1/s1. The summed E-state index contributed by atoms with van der Waals surface area (Å²) < 4.78 is 6.43. The third-order valence-electron chi connectivity index (χ3n) is 7.51. The van der Waals surface area contributed by atoms with Crippen molar-refractivity contribution in [3.05, 3.63) is 112 Å². The number of nitrogens with one attached hydrogen (secondary N) is 1. The fourth-order valence-electron chi connectivity index (χ4n) is 5.69. The molecule has 2 N–H and O–H groups in total. The second-order valence-corrected chi connectivity index (χ2v) is 9.79. The quantitative estimate of drug-likeness (QED) is 0.298. The molecule has 0 aromatic heterocycles. The maximum atomic E-state index is 12.0. The van der Waals surface area contributed by atoms with Gasteiger partial charge < -0.3 is 15.2 Å². The summed E-state index contributed by atoms with van der Waals surface area (Å²) in [4.78, 5) is 12.0. The van der Waals surface area contributed by atoms with Crippen LogP contribution in [0.1, 0.15) is 70.4 Å². The van der Waals surface area contributed by atoms with Crippen molar-refractivity contribution in [2.45, 2.75) is 51.7 Å². The summed E-state index contributed by atoms with van der Waals surface area (Å²) in [6, 6.07) is 27.3. The molecule has 0 spiro atoms. The summed E-state index contributed by atoms with van der Waals surface area (Å²) >= 11 is 0. The van der Waals surface area contributed by atoms with Crippen LogP contribution in [0.15, 0.2) is 78.9 Å². The monoisotopic (exact) mass is 479 g/mol. The largest absolute Gasteiger partial charge is 0.489 e. The summed E-state index contributed by atoms with van der Waals surface area (Å²) in [6.45, 7) is 6.93. The summed E-state index contributed by atoms with van der Waals surface area (Å²) in [7, 11) is 0. The number of benzene rings is 4. The Morgan fingerprint density at radius 1 is 1.06 bits per heavy atom. The van der Waals surface area contributed by atoms with Crippen LogP contribution in [-0.2, 0) is 6.42 Å². The third kappa shape index (κ3) is 4.61. The molecular weight excluding hydrogens is 446 g/mol. The van der Waals surface area contributed by atoms with E-state index in [2.05, 4.69) is 66.8 Å². The molecule has 3 atom stereocenters. The fraction of sp³-hybridized carbons (Fsp3) is 0.281. The molecule has 0 unspecified atom stereocenters. The Balaban J connectivity index is 1.42. The summed E-state index contributed by atoms with van der Waals surface area (Å²) in [5, 5.41) is 16.1. The van der Waals surface area contributed by atoms with E-state index in [0.717, 1.165) is 34.4 Å². The first kappa shape index (κ1) is 24.1. The van der Waals surface area contributed by atoms with Gasteiger partial charge in [-0.1, -0.05) is 73.7 Å². The van der Waals surface area contributed by atoms with E-state index in [4.69, 9.17) is 4.74 Å². The van der Waals surface area contributed by atoms with Crippen LogP contribution < -0.4 is 10.1 Å². The van der Waals surface area contributed by atoms with E-state index < -0.39 is 5.97 Å². The maximum Gasteiger partial charge on any atom is 0.335 e. The van der Waals surface area contributed by atoms with Gasteiger partial charge in [0.05, 0.1) is 5.56 Å². The van der Waals surface area contributed by atoms with E-state index >= 15 is 0 Å². The van der Waals surface area contributed by atoms with Crippen molar-refractivity contribution in [3.8, 4) is 5.75 Å². The Labute approximate surface area is 212 Å². The van der Waals surface area contributed by atoms with Crippen molar-refractivity contribution in [1.29, 1.82) is 0 Å². The molecule has 4 nitrogen and oxygen atoms in total. The van der Waals surface area contributed by atoms with Gasteiger partial charge in [-0.25, -0.2) is 4.79 Å². The number of aromatic carboxylic acids is 1. The van der Waals surface area contributed by atoms with E-state index in [0.29, 0.717) is 18.5 Å². The number of ether oxygens (including phenoxy) is 1. The number of hydrogen-bond acceptors (Lipinski definition) is 3. The molecule has 0 aliphatic carbocycles. The first-order chi connectivity index (χ1) is 17.5. The number of carbonyl (C=O) groups is 1. The first-order valence-electron chi connectivity index (χ1n) is 12.8.